The van der Waals surface area contributed by atoms with Gasteiger partial charge in [-0.3, -0.25) is 0 Å². The van der Waals surface area contributed by atoms with Crippen molar-refractivity contribution in [2.24, 2.45) is 0 Å². The second-order valence-corrected chi connectivity index (χ2v) is 28.5. The molecule has 8 fully saturated rings. The van der Waals surface area contributed by atoms with Gasteiger partial charge in [-0.25, -0.2) is 0 Å². The van der Waals surface area contributed by atoms with E-state index in [1.54, 1.807) is 0 Å². The summed E-state index contributed by atoms with van der Waals surface area (Å²) in [5.74, 6) is 0. The Morgan fingerprint density at radius 1 is 0.167 bits per heavy atom. The maximum Gasteiger partial charge on any atom is 0.0708 e. The molecule has 4 aromatic rings. The molecule has 0 heterocycles. The van der Waals surface area contributed by atoms with Crippen LogP contribution in [-0.4, -0.2) is 60.4 Å². The standard InChI is InChI=1S/C78H110N6/c1-9-25-61(26-10-1)79(62-27-11-2-12-28-62)69-41-49-73(50-42-69)83(74-51-43-70(44-52-74)80(63-29-13-3-14-30-63)64-31-15-4-16-32-64)77-57-59-78(60-58-77)84(75-53-45-71(46-54-75)81(65-33-17-5-18-34-65)66-35-19-6-20-36-66)76-55-47-72(48-56-76)82(67-37-21-7-22-38-67)68-39-23-8-24-40-68/h41-68,77-78H,1-40H2. The maximum absolute atomic E-state index is 2.93. The molecule has 452 valence electrons. The van der Waals surface area contributed by atoms with Gasteiger partial charge in [0.1, 0.15) is 0 Å². The summed E-state index contributed by atoms with van der Waals surface area (Å²) in [4.78, 5) is 17.0. The molecule has 0 aromatic heterocycles. The molecular formula is C78H110N6. The first-order chi connectivity index (χ1) is 41.7. The minimum absolute atomic E-state index is 0.0734. The zero-order valence-electron chi connectivity index (χ0n) is 52.3. The predicted octanol–water partition coefficient (Wildman–Crippen LogP) is 21.4. The Morgan fingerprint density at radius 3 is 0.440 bits per heavy atom. The Morgan fingerprint density at radius 2 is 0.298 bits per heavy atom. The van der Waals surface area contributed by atoms with Crippen molar-refractivity contribution in [3.63, 3.8) is 0 Å². The topological polar surface area (TPSA) is 19.4 Å². The number of anilines is 8. The predicted molar refractivity (Wildman–Crippen MR) is 361 cm³/mol. The summed E-state index contributed by atoms with van der Waals surface area (Å²) >= 11 is 0. The van der Waals surface area contributed by atoms with Crippen molar-refractivity contribution in [3.8, 4) is 0 Å². The average molecular weight is 1130 g/mol. The highest BCUT2D eigenvalue weighted by atomic mass is 15.2. The van der Waals surface area contributed by atoms with Crippen LogP contribution in [0, 0.1) is 0 Å². The van der Waals surface area contributed by atoms with Crippen LogP contribution in [-0.2, 0) is 0 Å². The van der Waals surface area contributed by atoms with E-state index in [0.29, 0.717) is 48.3 Å². The van der Waals surface area contributed by atoms with Crippen LogP contribution < -0.4 is 29.4 Å². The van der Waals surface area contributed by atoms with Crippen molar-refractivity contribution in [1.82, 2.24) is 0 Å². The molecule has 9 aliphatic rings. The fraction of sp³-hybridized carbons (Fsp3) is 0.641. The lowest BCUT2D eigenvalue weighted by Gasteiger charge is -2.44. The van der Waals surface area contributed by atoms with E-state index >= 15 is 0 Å². The summed E-state index contributed by atoms with van der Waals surface area (Å²) in [7, 11) is 0. The number of rotatable bonds is 18. The molecule has 0 amide bonds. The van der Waals surface area contributed by atoms with Gasteiger partial charge in [0.15, 0.2) is 0 Å². The van der Waals surface area contributed by atoms with Crippen LogP contribution in [0.15, 0.2) is 121 Å². The minimum Gasteiger partial charge on any atom is -0.366 e. The van der Waals surface area contributed by atoms with Gasteiger partial charge in [-0.2, -0.15) is 0 Å². The van der Waals surface area contributed by atoms with Crippen molar-refractivity contribution in [2.75, 3.05) is 29.4 Å². The lowest BCUT2D eigenvalue weighted by Crippen LogP contribution is -2.45. The van der Waals surface area contributed by atoms with E-state index in [9.17, 15) is 0 Å². The quantitative estimate of drug-likeness (QED) is 0.0919. The Kier molecular flexibility index (Phi) is 19.9. The van der Waals surface area contributed by atoms with Gasteiger partial charge >= 0.3 is 0 Å². The molecule has 0 bridgehead atoms. The molecule has 8 saturated carbocycles. The smallest absolute Gasteiger partial charge is 0.0708 e. The van der Waals surface area contributed by atoms with Gasteiger partial charge in [-0.05, 0) is 200 Å². The van der Waals surface area contributed by atoms with Gasteiger partial charge in [0.05, 0.1) is 12.1 Å². The van der Waals surface area contributed by atoms with Crippen molar-refractivity contribution in [2.45, 2.75) is 317 Å². The molecule has 6 nitrogen and oxygen atoms in total. The normalized spacial score (nSPS) is 24.4. The third kappa shape index (κ3) is 13.6. The Labute approximate surface area is 510 Å². The molecule has 0 N–H and O–H groups in total. The van der Waals surface area contributed by atoms with Gasteiger partial charge in [0.2, 0.25) is 0 Å². The minimum atomic E-state index is 0.0734. The van der Waals surface area contributed by atoms with Crippen LogP contribution in [0.25, 0.3) is 0 Å². The van der Waals surface area contributed by atoms with E-state index in [1.165, 1.54) is 302 Å². The first kappa shape index (κ1) is 58.2. The van der Waals surface area contributed by atoms with E-state index in [4.69, 9.17) is 0 Å². The maximum atomic E-state index is 2.93. The second kappa shape index (κ2) is 28.8. The summed E-state index contributed by atoms with van der Waals surface area (Å²) in [6.07, 6.45) is 65.0. The molecule has 0 unspecified atom stereocenters. The third-order valence-corrected chi connectivity index (χ3v) is 23.1. The van der Waals surface area contributed by atoms with Crippen molar-refractivity contribution >= 4 is 45.5 Å². The van der Waals surface area contributed by atoms with Crippen LogP contribution >= 0.6 is 0 Å². The number of benzene rings is 4. The van der Waals surface area contributed by atoms with Crippen molar-refractivity contribution < 1.29 is 0 Å². The van der Waals surface area contributed by atoms with Gasteiger partial charge in [0, 0.05) is 93.8 Å². The highest BCUT2D eigenvalue weighted by Gasteiger charge is 2.35. The van der Waals surface area contributed by atoms with E-state index in [0.717, 1.165) is 0 Å². The van der Waals surface area contributed by atoms with Crippen LogP contribution in [0.5, 0.6) is 0 Å². The van der Waals surface area contributed by atoms with Gasteiger partial charge < -0.3 is 29.4 Å². The summed E-state index contributed by atoms with van der Waals surface area (Å²) < 4.78 is 0. The first-order valence-electron chi connectivity index (χ1n) is 36.2. The Bertz CT molecular complexity index is 2190. The third-order valence-electron chi connectivity index (χ3n) is 23.1. The van der Waals surface area contributed by atoms with Crippen molar-refractivity contribution in [1.29, 1.82) is 0 Å². The van der Waals surface area contributed by atoms with E-state index in [-0.39, 0.29) is 12.1 Å². The molecule has 84 heavy (non-hydrogen) atoms. The number of hydrogen-bond donors (Lipinski definition) is 0. The molecular weight excluding hydrogens is 1020 g/mol. The van der Waals surface area contributed by atoms with Crippen LogP contribution in [0.3, 0.4) is 0 Å². The van der Waals surface area contributed by atoms with Crippen LogP contribution in [0.1, 0.15) is 257 Å². The largest absolute Gasteiger partial charge is 0.366 e. The van der Waals surface area contributed by atoms with E-state index < -0.39 is 0 Å². The highest BCUT2D eigenvalue weighted by Crippen LogP contribution is 2.44. The lowest BCUT2D eigenvalue weighted by molar-refractivity contribution is 0.340. The molecule has 0 saturated heterocycles. The zero-order chi connectivity index (χ0) is 56.3. The molecule has 4 aromatic carbocycles. The number of hydrogen-bond acceptors (Lipinski definition) is 6. The molecule has 0 atom stereocenters. The van der Waals surface area contributed by atoms with E-state index in [1.807, 2.05) is 0 Å². The van der Waals surface area contributed by atoms with Crippen molar-refractivity contribution in [3.05, 3.63) is 121 Å². The van der Waals surface area contributed by atoms with Gasteiger partial charge in [-0.1, -0.05) is 178 Å². The summed E-state index contributed by atoms with van der Waals surface area (Å²) in [5, 5.41) is 0. The molecule has 0 spiro atoms. The van der Waals surface area contributed by atoms with Gasteiger partial charge in [0.25, 0.3) is 0 Å². The molecule has 9 aliphatic carbocycles. The average Bonchev–Trinajstić information content (AvgIpc) is 3.56. The summed E-state index contributed by atoms with van der Waals surface area (Å²) in [5.41, 5.74) is 11.0. The summed E-state index contributed by atoms with van der Waals surface area (Å²) in [6, 6.07) is 45.7. The Hall–Kier alpha value is -4.84. The van der Waals surface area contributed by atoms with Gasteiger partial charge in [-0.15, -0.1) is 0 Å². The molecule has 0 aliphatic heterocycles. The SMILES string of the molecule is C1=CC(N(c2ccc(N(C3CCCCC3)C3CCCCC3)cc2)c2ccc(N(C3CCCCC3)C3CCCCC3)cc2)C=CC1N(c1ccc(N(C2CCCCC2)C2CCCCC2)cc1)c1ccc(N(C2CCCCC2)C2CCCCC2)cc1. The number of nitrogens with zero attached hydrogens (tertiary/aromatic N) is 6. The second-order valence-electron chi connectivity index (χ2n) is 28.5. The molecule has 0 radical (unpaired) electrons. The fourth-order valence-electron chi connectivity index (χ4n) is 18.8. The van der Waals surface area contributed by atoms with E-state index in [2.05, 4.69) is 151 Å². The molecule has 6 heteroatoms. The fourth-order valence-corrected chi connectivity index (χ4v) is 18.8. The summed E-state index contributed by atoms with van der Waals surface area (Å²) in [6.45, 7) is 0. The van der Waals surface area contributed by atoms with Crippen LogP contribution in [0.2, 0.25) is 0 Å². The molecule has 13 rings (SSSR count). The lowest BCUT2D eigenvalue weighted by atomic mass is 9.88. The van der Waals surface area contributed by atoms with Crippen LogP contribution in [0.4, 0.5) is 45.5 Å². The monoisotopic (exact) mass is 1130 g/mol. The Balaban J connectivity index is 0.842. The first-order valence-corrected chi connectivity index (χ1v) is 36.2. The zero-order valence-corrected chi connectivity index (χ0v) is 52.3. The highest BCUT2D eigenvalue weighted by molar-refractivity contribution is 5.73.